The lowest BCUT2D eigenvalue weighted by atomic mass is 10.0. The third-order valence-electron chi connectivity index (χ3n) is 4.70. The number of benzene rings is 1. The summed E-state index contributed by atoms with van der Waals surface area (Å²) in [6.07, 6.45) is 1.85. The number of carbonyl (C=O) groups excluding carboxylic acids is 1. The van der Waals surface area contributed by atoms with Gasteiger partial charge in [0.2, 0.25) is 5.91 Å². The molecule has 1 aromatic rings. The molecule has 21 heavy (non-hydrogen) atoms. The number of ether oxygens (including phenoxy) is 1. The van der Waals surface area contributed by atoms with Crippen molar-refractivity contribution in [2.45, 2.75) is 32.4 Å². The summed E-state index contributed by atoms with van der Waals surface area (Å²) in [4.78, 5) is 17.2. The van der Waals surface area contributed by atoms with Crippen LogP contribution >= 0.6 is 0 Å². The molecule has 0 aromatic heterocycles. The van der Waals surface area contributed by atoms with E-state index in [4.69, 9.17) is 4.74 Å². The predicted octanol–water partition coefficient (Wildman–Crippen LogP) is 2.28. The van der Waals surface area contributed by atoms with Gasteiger partial charge in [0.25, 0.3) is 0 Å². The third-order valence-corrected chi connectivity index (χ3v) is 4.70. The van der Waals surface area contributed by atoms with Gasteiger partial charge in [-0.1, -0.05) is 25.1 Å². The molecule has 114 valence electrons. The molecule has 0 spiro atoms. The zero-order chi connectivity index (χ0) is 14.8. The highest BCUT2D eigenvalue weighted by molar-refractivity contribution is 5.80. The van der Waals surface area contributed by atoms with Crippen LogP contribution in [0, 0.1) is 5.92 Å². The van der Waals surface area contributed by atoms with E-state index in [1.54, 1.807) is 0 Å². The van der Waals surface area contributed by atoms with Gasteiger partial charge in [0.1, 0.15) is 0 Å². The molecule has 1 saturated heterocycles. The molecule has 0 aliphatic carbocycles. The maximum atomic E-state index is 12.9. The summed E-state index contributed by atoms with van der Waals surface area (Å²) in [6.45, 7) is 5.09. The van der Waals surface area contributed by atoms with Crippen molar-refractivity contribution in [3.63, 3.8) is 0 Å². The first-order chi connectivity index (χ1) is 10.2. The van der Waals surface area contributed by atoms with Crippen LogP contribution in [0.25, 0.3) is 0 Å². The molecule has 0 radical (unpaired) electrons. The van der Waals surface area contributed by atoms with Gasteiger partial charge in [-0.3, -0.25) is 4.79 Å². The van der Waals surface area contributed by atoms with Crippen molar-refractivity contribution >= 4 is 11.6 Å². The van der Waals surface area contributed by atoms with E-state index in [1.807, 2.05) is 0 Å². The average Bonchev–Trinajstić information content (AvgIpc) is 3.00. The molecule has 2 atom stereocenters. The Morgan fingerprint density at radius 2 is 2.19 bits per heavy atom. The largest absolute Gasteiger partial charge is 0.381 e. The molecular formula is C17H24N2O2. The maximum Gasteiger partial charge on any atom is 0.228 e. The minimum atomic E-state index is 0.0506. The van der Waals surface area contributed by atoms with Gasteiger partial charge in [0.05, 0.1) is 12.5 Å². The monoisotopic (exact) mass is 288 g/mol. The van der Waals surface area contributed by atoms with Crippen LogP contribution in [0.3, 0.4) is 0 Å². The van der Waals surface area contributed by atoms with E-state index >= 15 is 0 Å². The number of rotatable bonds is 2. The number of hydrogen-bond acceptors (Lipinski definition) is 3. The van der Waals surface area contributed by atoms with E-state index in [-0.39, 0.29) is 17.9 Å². The lowest BCUT2D eigenvalue weighted by molar-refractivity contribution is -0.138. The molecular weight excluding hydrogens is 264 g/mol. The van der Waals surface area contributed by atoms with Crippen molar-refractivity contribution in [2.24, 2.45) is 5.92 Å². The first-order valence-electron chi connectivity index (χ1n) is 7.88. The zero-order valence-electron chi connectivity index (χ0n) is 12.9. The van der Waals surface area contributed by atoms with Crippen molar-refractivity contribution in [3.8, 4) is 0 Å². The Hall–Kier alpha value is -1.55. The molecule has 0 saturated carbocycles. The summed E-state index contributed by atoms with van der Waals surface area (Å²) in [6, 6.07) is 8.68. The van der Waals surface area contributed by atoms with Crippen LogP contribution in [0.4, 0.5) is 5.69 Å². The molecule has 2 aliphatic rings. The fourth-order valence-corrected chi connectivity index (χ4v) is 3.41. The highest BCUT2D eigenvalue weighted by atomic mass is 16.5. The van der Waals surface area contributed by atoms with Gasteiger partial charge in [-0.2, -0.15) is 0 Å². The number of amides is 1. The van der Waals surface area contributed by atoms with E-state index in [0.717, 1.165) is 26.0 Å². The number of likely N-dealkylation sites (N-methyl/N-ethyl adjacent to an activating group) is 1. The minimum absolute atomic E-state index is 0.0506. The molecule has 1 amide bonds. The highest BCUT2D eigenvalue weighted by Gasteiger charge is 2.34. The highest BCUT2D eigenvalue weighted by Crippen LogP contribution is 2.29. The predicted molar refractivity (Wildman–Crippen MR) is 83.3 cm³/mol. The summed E-state index contributed by atoms with van der Waals surface area (Å²) in [5, 5.41) is 0. The molecule has 2 aliphatic heterocycles. The van der Waals surface area contributed by atoms with Gasteiger partial charge < -0.3 is 14.5 Å². The Balaban J connectivity index is 1.89. The number of carbonyl (C=O) groups is 1. The van der Waals surface area contributed by atoms with Crippen molar-refractivity contribution in [1.82, 2.24) is 4.90 Å². The second-order valence-corrected chi connectivity index (χ2v) is 6.10. The third kappa shape index (κ3) is 2.77. The van der Waals surface area contributed by atoms with Crippen LogP contribution < -0.4 is 4.90 Å². The van der Waals surface area contributed by atoms with Crippen molar-refractivity contribution in [3.05, 3.63) is 29.8 Å². The number of anilines is 1. The number of hydrogen-bond donors (Lipinski definition) is 0. The van der Waals surface area contributed by atoms with E-state index in [0.29, 0.717) is 13.2 Å². The number of fused-ring (bicyclic) bond motifs is 1. The van der Waals surface area contributed by atoms with Gasteiger partial charge in [-0.25, -0.2) is 0 Å². The van der Waals surface area contributed by atoms with Gasteiger partial charge in [0.15, 0.2) is 0 Å². The van der Waals surface area contributed by atoms with E-state index in [9.17, 15) is 4.79 Å². The fraction of sp³-hybridized carbons (Fsp3) is 0.588. The van der Waals surface area contributed by atoms with E-state index in [1.165, 1.54) is 11.3 Å². The topological polar surface area (TPSA) is 32.8 Å². The molecule has 4 nitrogen and oxygen atoms in total. The first-order valence-corrected chi connectivity index (χ1v) is 7.88. The average molecular weight is 288 g/mol. The van der Waals surface area contributed by atoms with Crippen LogP contribution in [0.2, 0.25) is 0 Å². The Morgan fingerprint density at radius 1 is 1.38 bits per heavy atom. The summed E-state index contributed by atoms with van der Waals surface area (Å²) in [5.74, 6) is 0.319. The second-order valence-electron chi connectivity index (χ2n) is 6.10. The van der Waals surface area contributed by atoms with Crippen LogP contribution in [-0.4, -0.2) is 43.7 Å². The van der Waals surface area contributed by atoms with Crippen LogP contribution in [0.15, 0.2) is 24.3 Å². The van der Waals surface area contributed by atoms with Gasteiger partial charge in [-0.05, 0) is 24.5 Å². The first kappa shape index (κ1) is 14.4. The lowest BCUT2D eigenvalue weighted by Crippen LogP contribution is -2.46. The second kappa shape index (κ2) is 6.06. The zero-order valence-corrected chi connectivity index (χ0v) is 12.9. The Kier molecular flexibility index (Phi) is 4.15. The molecule has 2 unspecified atom stereocenters. The molecule has 3 rings (SSSR count). The van der Waals surface area contributed by atoms with Crippen LogP contribution in [0.5, 0.6) is 0 Å². The van der Waals surface area contributed by atoms with Gasteiger partial charge >= 0.3 is 0 Å². The lowest BCUT2D eigenvalue weighted by Gasteiger charge is -2.32. The normalized spacial score (nSPS) is 25.6. The van der Waals surface area contributed by atoms with Crippen molar-refractivity contribution < 1.29 is 9.53 Å². The quantitative estimate of drug-likeness (QED) is 0.837. The smallest absolute Gasteiger partial charge is 0.228 e. The molecule has 0 N–H and O–H groups in total. The molecule has 1 fully saturated rings. The summed E-state index contributed by atoms with van der Waals surface area (Å²) in [5.41, 5.74) is 2.48. The Bertz CT molecular complexity index is 511. The van der Waals surface area contributed by atoms with Crippen molar-refractivity contribution in [1.29, 1.82) is 0 Å². The summed E-state index contributed by atoms with van der Waals surface area (Å²) >= 11 is 0. The van der Waals surface area contributed by atoms with Crippen molar-refractivity contribution in [2.75, 3.05) is 31.7 Å². The van der Waals surface area contributed by atoms with Crippen LogP contribution in [0.1, 0.15) is 25.3 Å². The molecule has 4 heteroatoms. The Morgan fingerprint density at radius 3 is 2.90 bits per heavy atom. The molecule has 2 heterocycles. The SMILES string of the molecule is CCC1CN(C)c2ccccc2CN1C(=O)C1CCOC1. The number of para-hydroxylation sites is 1. The van der Waals surface area contributed by atoms with E-state index in [2.05, 4.69) is 48.0 Å². The van der Waals surface area contributed by atoms with Gasteiger partial charge in [0, 0.05) is 38.5 Å². The van der Waals surface area contributed by atoms with Gasteiger partial charge in [-0.15, -0.1) is 0 Å². The minimum Gasteiger partial charge on any atom is -0.381 e. The number of nitrogens with zero attached hydrogens (tertiary/aromatic N) is 2. The molecule has 0 bridgehead atoms. The molecule has 1 aromatic carbocycles. The summed E-state index contributed by atoms with van der Waals surface area (Å²) < 4.78 is 5.40. The Labute approximate surface area is 126 Å². The summed E-state index contributed by atoms with van der Waals surface area (Å²) in [7, 11) is 2.12. The maximum absolute atomic E-state index is 12.9. The standard InChI is InChI=1S/C17H24N2O2/c1-3-15-11-18(2)16-7-5-4-6-13(16)10-19(15)17(20)14-8-9-21-12-14/h4-7,14-15H,3,8-12H2,1-2H3. The van der Waals surface area contributed by atoms with Crippen LogP contribution in [-0.2, 0) is 16.1 Å². The fourth-order valence-electron chi connectivity index (χ4n) is 3.41. The van der Waals surface area contributed by atoms with E-state index < -0.39 is 0 Å².